The van der Waals surface area contributed by atoms with Gasteiger partial charge in [0.25, 0.3) is 5.91 Å². The molecule has 3 nitrogen and oxygen atoms in total. The Morgan fingerprint density at radius 3 is 2.92 bits per heavy atom. The lowest BCUT2D eigenvalue weighted by atomic mass is 10.1. The molecule has 0 aromatic carbocycles. The first-order valence-electron chi connectivity index (χ1n) is 4.49. The van der Waals surface area contributed by atoms with E-state index in [2.05, 4.69) is 10.6 Å². The van der Waals surface area contributed by atoms with E-state index in [0.29, 0.717) is 12.6 Å². The highest BCUT2D eigenvalue weighted by atomic mass is 19.3. The summed E-state index contributed by atoms with van der Waals surface area (Å²) in [4.78, 5) is 10.4. The van der Waals surface area contributed by atoms with Gasteiger partial charge in [-0.15, -0.1) is 0 Å². The minimum atomic E-state index is -2.89. The second-order valence-electron chi connectivity index (χ2n) is 3.17. The van der Waals surface area contributed by atoms with E-state index in [0.717, 1.165) is 25.8 Å². The molecule has 0 aliphatic carbocycles. The Bertz CT molecular complexity index is 170. The molecule has 0 bridgehead atoms. The van der Waals surface area contributed by atoms with E-state index in [1.165, 1.54) is 0 Å². The van der Waals surface area contributed by atoms with Crippen molar-refractivity contribution in [3.63, 3.8) is 0 Å². The second kappa shape index (κ2) is 5.11. The van der Waals surface area contributed by atoms with E-state index >= 15 is 0 Å². The zero-order valence-electron chi connectivity index (χ0n) is 7.35. The minimum absolute atomic E-state index is 0.334. The number of carbonyl (C=O) groups is 1. The van der Waals surface area contributed by atoms with E-state index in [-0.39, 0.29) is 0 Å². The summed E-state index contributed by atoms with van der Waals surface area (Å²) in [6, 6.07) is 0.387. The Balaban J connectivity index is 2.03. The molecule has 1 fully saturated rings. The summed E-state index contributed by atoms with van der Waals surface area (Å²) >= 11 is 0. The summed E-state index contributed by atoms with van der Waals surface area (Å²) in [5.41, 5.74) is 0. The van der Waals surface area contributed by atoms with Crippen LogP contribution in [0.4, 0.5) is 8.78 Å². The van der Waals surface area contributed by atoms with Crippen LogP contribution in [0.25, 0.3) is 0 Å². The number of hydrogen-bond donors (Lipinski definition) is 2. The van der Waals surface area contributed by atoms with Crippen molar-refractivity contribution in [1.82, 2.24) is 10.6 Å². The number of halogens is 2. The molecule has 76 valence electrons. The van der Waals surface area contributed by atoms with Gasteiger partial charge in [-0.1, -0.05) is 0 Å². The molecule has 1 amide bonds. The summed E-state index contributed by atoms with van der Waals surface area (Å²) in [6.45, 7) is 1.33. The van der Waals surface area contributed by atoms with E-state index in [1.807, 2.05) is 0 Å². The Morgan fingerprint density at radius 2 is 2.38 bits per heavy atom. The molecule has 0 radical (unpaired) electrons. The number of nitrogens with one attached hydrogen (secondary N) is 2. The Morgan fingerprint density at radius 1 is 1.62 bits per heavy atom. The fourth-order valence-electron chi connectivity index (χ4n) is 1.45. The molecule has 1 saturated heterocycles. The van der Waals surface area contributed by atoms with Gasteiger partial charge in [-0.2, -0.15) is 8.78 Å². The summed E-state index contributed by atoms with van der Waals surface area (Å²) < 4.78 is 23.4. The fourth-order valence-corrected chi connectivity index (χ4v) is 1.45. The van der Waals surface area contributed by atoms with E-state index in [4.69, 9.17) is 0 Å². The Hall–Kier alpha value is -0.710. The van der Waals surface area contributed by atoms with E-state index in [9.17, 15) is 13.6 Å². The smallest absolute Gasteiger partial charge is 0.315 e. The van der Waals surface area contributed by atoms with Gasteiger partial charge in [0.1, 0.15) is 0 Å². The van der Waals surface area contributed by atoms with Crippen LogP contribution in [-0.4, -0.2) is 31.5 Å². The maximum Gasteiger partial charge on any atom is 0.315 e. The van der Waals surface area contributed by atoms with Gasteiger partial charge in [0.2, 0.25) is 0 Å². The maximum absolute atomic E-state index is 11.7. The van der Waals surface area contributed by atoms with Gasteiger partial charge < -0.3 is 10.6 Å². The highest BCUT2D eigenvalue weighted by Crippen LogP contribution is 2.07. The van der Waals surface area contributed by atoms with Crippen LogP contribution in [0, 0.1) is 0 Å². The zero-order chi connectivity index (χ0) is 9.68. The fraction of sp³-hybridized carbons (Fsp3) is 0.875. The molecule has 0 unspecified atom stereocenters. The van der Waals surface area contributed by atoms with E-state index < -0.39 is 12.3 Å². The SMILES string of the molecule is O=C(NCC[C@@H]1CCCN1)C(F)F. The lowest BCUT2D eigenvalue weighted by molar-refractivity contribution is -0.131. The van der Waals surface area contributed by atoms with Crippen molar-refractivity contribution in [1.29, 1.82) is 0 Å². The molecule has 1 aliphatic heterocycles. The number of amides is 1. The van der Waals surface area contributed by atoms with Gasteiger partial charge in [-0.05, 0) is 25.8 Å². The third-order valence-corrected chi connectivity index (χ3v) is 2.15. The van der Waals surface area contributed by atoms with Gasteiger partial charge in [0, 0.05) is 12.6 Å². The van der Waals surface area contributed by atoms with Gasteiger partial charge in [0.15, 0.2) is 0 Å². The van der Waals surface area contributed by atoms with Crippen molar-refractivity contribution in [3.8, 4) is 0 Å². The Kier molecular flexibility index (Phi) is 4.08. The quantitative estimate of drug-likeness (QED) is 0.681. The molecule has 0 spiro atoms. The van der Waals surface area contributed by atoms with Crippen LogP contribution in [-0.2, 0) is 4.79 Å². The predicted molar refractivity (Wildman–Crippen MR) is 44.7 cm³/mol. The number of carbonyl (C=O) groups excluding carboxylic acids is 1. The van der Waals surface area contributed by atoms with Crippen LogP contribution >= 0.6 is 0 Å². The van der Waals surface area contributed by atoms with Gasteiger partial charge in [0.05, 0.1) is 0 Å². The normalized spacial score (nSPS) is 22.2. The highest BCUT2D eigenvalue weighted by Gasteiger charge is 2.16. The second-order valence-corrected chi connectivity index (χ2v) is 3.17. The predicted octanol–water partition coefficient (Wildman–Crippen LogP) is 0.510. The maximum atomic E-state index is 11.7. The lowest BCUT2D eigenvalue weighted by Gasteiger charge is -2.10. The van der Waals surface area contributed by atoms with Gasteiger partial charge in [-0.3, -0.25) is 4.79 Å². The van der Waals surface area contributed by atoms with Gasteiger partial charge in [-0.25, -0.2) is 0 Å². The largest absolute Gasteiger partial charge is 0.351 e. The summed E-state index contributed by atoms with van der Waals surface area (Å²) in [6.07, 6.45) is 0.0488. The molecule has 1 aliphatic rings. The molecule has 0 aromatic heterocycles. The average Bonchev–Trinajstić information content (AvgIpc) is 2.56. The summed E-state index contributed by atoms with van der Waals surface area (Å²) in [7, 11) is 0. The third kappa shape index (κ3) is 3.67. The minimum Gasteiger partial charge on any atom is -0.351 e. The first kappa shape index (κ1) is 10.4. The van der Waals surface area contributed by atoms with Crippen molar-refractivity contribution in [2.75, 3.05) is 13.1 Å². The van der Waals surface area contributed by atoms with Crippen LogP contribution in [0.15, 0.2) is 0 Å². The average molecular weight is 192 g/mol. The van der Waals surface area contributed by atoms with Crippen LogP contribution < -0.4 is 10.6 Å². The molecule has 1 heterocycles. The summed E-state index contributed by atoms with van der Waals surface area (Å²) in [5, 5.41) is 5.40. The molecule has 1 atom stereocenters. The van der Waals surface area contributed by atoms with Crippen LogP contribution in [0.3, 0.4) is 0 Å². The molecule has 2 N–H and O–H groups in total. The number of rotatable bonds is 4. The van der Waals surface area contributed by atoms with Crippen molar-refractivity contribution in [3.05, 3.63) is 0 Å². The van der Waals surface area contributed by atoms with Crippen molar-refractivity contribution in [2.24, 2.45) is 0 Å². The molecule has 0 aromatic rings. The van der Waals surface area contributed by atoms with Crippen LogP contribution in [0.2, 0.25) is 0 Å². The molecular formula is C8H14F2N2O. The summed E-state index contributed by atoms with van der Waals surface area (Å²) in [5.74, 6) is -1.17. The zero-order valence-corrected chi connectivity index (χ0v) is 7.35. The highest BCUT2D eigenvalue weighted by molar-refractivity contribution is 5.78. The van der Waals surface area contributed by atoms with Crippen molar-refractivity contribution in [2.45, 2.75) is 31.7 Å². The topological polar surface area (TPSA) is 41.1 Å². The molecule has 0 saturated carbocycles. The Labute approximate surface area is 75.9 Å². The van der Waals surface area contributed by atoms with Crippen LogP contribution in [0.5, 0.6) is 0 Å². The van der Waals surface area contributed by atoms with Crippen LogP contribution in [0.1, 0.15) is 19.3 Å². The number of hydrogen-bond acceptors (Lipinski definition) is 2. The van der Waals surface area contributed by atoms with Crippen molar-refractivity contribution < 1.29 is 13.6 Å². The first-order chi connectivity index (χ1) is 6.20. The molecular weight excluding hydrogens is 178 g/mol. The van der Waals surface area contributed by atoms with Crippen molar-refractivity contribution >= 4 is 5.91 Å². The lowest BCUT2D eigenvalue weighted by Crippen LogP contribution is -2.33. The number of alkyl halides is 2. The first-order valence-corrected chi connectivity index (χ1v) is 4.49. The van der Waals surface area contributed by atoms with Gasteiger partial charge >= 0.3 is 6.43 Å². The monoisotopic (exact) mass is 192 g/mol. The molecule has 5 heteroatoms. The third-order valence-electron chi connectivity index (χ3n) is 2.15. The standard InChI is InChI=1S/C8H14F2N2O/c9-7(10)8(13)12-5-3-6-2-1-4-11-6/h6-7,11H,1-5H2,(H,12,13)/t6-/m0/s1. The van der Waals surface area contributed by atoms with E-state index in [1.54, 1.807) is 0 Å². The molecule has 1 rings (SSSR count). The molecule has 13 heavy (non-hydrogen) atoms.